The summed E-state index contributed by atoms with van der Waals surface area (Å²) < 4.78 is 5.02. The van der Waals surface area contributed by atoms with E-state index in [-0.39, 0.29) is 19.3 Å². The van der Waals surface area contributed by atoms with Crippen LogP contribution in [0.25, 0.3) is 0 Å². The number of rotatable bonds is 23. The number of aliphatic hydroxyl groups excluding tert-OH is 1. The van der Waals surface area contributed by atoms with Crippen LogP contribution in [0.1, 0.15) is 136 Å². The van der Waals surface area contributed by atoms with E-state index in [1.807, 2.05) is 6.92 Å². The van der Waals surface area contributed by atoms with Crippen LogP contribution in [-0.4, -0.2) is 46.1 Å². The van der Waals surface area contributed by atoms with Crippen molar-refractivity contribution in [3.63, 3.8) is 0 Å². The van der Waals surface area contributed by atoms with Gasteiger partial charge in [0.15, 0.2) is 23.3 Å². The lowest BCUT2D eigenvalue weighted by molar-refractivity contribution is -0.175. The lowest BCUT2D eigenvalue weighted by atomic mass is 9.86. The molecule has 0 fully saturated rings. The van der Waals surface area contributed by atoms with Gasteiger partial charge in [-0.2, -0.15) is 0 Å². The SMILES string of the molecule is CCCCCCCCCCCCCCCC(=O)C(O)(COC(=O)CCC)C(O)C(=O)CCC. The maximum absolute atomic E-state index is 12.7. The van der Waals surface area contributed by atoms with Gasteiger partial charge < -0.3 is 14.9 Å². The number of ether oxygens (including phenoxy) is 1. The Bertz CT molecular complexity index is 533. The molecule has 0 aliphatic carbocycles. The van der Waals surface area contributed by atoms with Crippen LogP contribution in [0.4, 0.5) is 0 Å². The molecule has 2 N–H and O–H groups in total. The molecule has 0 radical (unpaired) electrons. The second-order valence-corrected chi connectivity index (χ2v) is 9.37. The van der Waals surface area contributed by atoms with Gasteiger partial charge in [0.05, 0.1) is 0 Å². The highest BCUT2D eigenvalue weighted by Crippen LogP contribution is 2.21. The molecule has 0 aliphatic heterocycles. The molecule has 2 atom stereocenters. The van der Waals surface area contributed by atoms with E-state index < -0.39 is 35.8 Å². The Hall–Kier alpha value is -1.27. The lowest BCUT2D eigenvalue weighted by Crippen LogP contribution is -2.56. The second-order valence-electron chi connectivity index (χ2n) is 9.37. The van der Waals surface area contributed by atoms with Crippen molar-refractivity contribution in [3.8, 4) is 0 Å². The third-order valence-corrected chi connectivity index (χ3v) is 6.15. The summed E-state index contributed by atoms with van der Waals surface area (Å²) >= 11 is 0. The van der Waals surface area contributed by atoms with Crippen LogP contribution >= 0.6 is 0 Å². The molecule has 2 unspecified atom stereocenters. The zero-order valence-corrected chi connectivity index (χ0v) is 21.5. The highest BCUT2D eigenvalue weighted by Gasteiger charge is 2.46. The van der Waals surface area contributed by atoms with Crippen LogP contribution < -0.4 is 0 Å². The fraction of sp³-hybridized carbons (Fsp3) is 0.889. The lowest BCUT2D eigenvalue weighted by Gasteiger charge is -2.30. The predicted molar refractivity (Wildman–Crippen MR) is 132 cm³/mol. The molecule has 0 saturated carbocycles. The van der Waals surface area contributed by atoms with Crippen molar-refractivity contribution < 1.29 is 29.3 Å². The van der Waals surface area contributed by atoms with E-state index in [2.05, 4.69) is 6.92 Å². The summed E-state index contributed by atoms with van der Waals surface area (Å²) in [6.07, 6.45) is 14.8. The normalized spacial score (nSPS) is 14.0. The zero-order valence-electron chi connectivity index (χ0n) is 21.5. The molecule has 0 aliphatic rings. The van der Waals surface area contributed by atoms with E-state index in [1.165, 1.54) is 57.8 Å². The average Bonchev–Trinajstić information content (AvgIpc) is 2.80. The highest BCUT2D eigenvalue weighted by atomic mass is 16.5. The molecule has 194 valence electrons. The number of carbonyl (C=O) groups is 3. The quantitative estimate of drug-likeness (QED) is 0.144. The van der Waals surface area contributed by atoms with Gasteiger partial charge in [-0.15, -0.1) is 0 Å². The molecule has 6 nitrogen and oxygen atoms in total. The van der Waals surface area contributed by atoms with Crippen molar-refractivity contribution in [2.24, 2.45) is 0 Å². The zero-order chi connectivity index (χ0) is 25.0. The van der Waals surface area contributed by atoms with E-state index in [1.54, 1.807) is 6.92 Å². The van der Waals surface area contributed by atoms with Crippen LogP contribution in [0.15, 0.2) is 0 Å². The number of hydrogen-bond donors (Lipinski definition) is 2. The standard InChI is InChI=1S/C27H50O6/c1-4-7-8-9-10-11-12-13-14-15-16-17-18-21-24(29)27(32,22-33-25(30)20-6-3)26(31)23(28)19-5-2/h26,31-32H,4-22H2,1-3H3. The first kappa shape index (κ1) is 31.7. The highest BCUT2D eigenvalue weighted by molar-refractivity contribution is 5.96. The monoisotopic (exact) mass is 470 g/mol. The summed E-state index contributed by atoms with van der Waals surface area (Å²) in [4.78, 5) is 36.6. The van der Waals surface area contributed by atoms with Crippen molar-refractivity contribution in [3.05, 3.63) is 0 Å². The third kappa shape index (κ3) is 14.6. The van der Waals surface area contributed by atoms with Gasteiger partial charge >= 0.3 is 5.97 Å². The number of esters is 1. The van der Waals surface area contributed by atoms with Gasteiger partial charge in [-0.05, 0) is 19.3 Å². The Labute approximate surface area is 201 Å². The summed E-state index contributed by atoms with van der Waals surface area (Å²) in [5, 5.41) is 21.2. The van der Waals surface area contributed by atoms with Crippen molar-refractivity contribution in [2.45, 2.75) is 148 Å². The maximum atomic E-state index is 12.7. The molecule has 0 heterocycles. The first-order chi connectivity index (χ1) is 15.8. The Morgan fingerprint density at radius 1 is 0.667 bits per heavy atom. The molecule has 0 aromatic heterocycles. The Morgan fingerprint density at radius 3 is 1.58 bits per heavy atom. The largest absolute Gasteiger partial charge is 0.462 e. The van der Waals surface area contributed by atoms with Crippen LogP contribution in [0.2, 0.25) is 0 Å². The van der Waals surface area contributed by atoms with E-state index in [4.69, 9.17) is 4.74 Å². The molecule has 0 aromatic carbocycles. The van der Waals surface area contributed by atoms with Crippen LogP contribution in [0, 0.1) is 0 Å². The summed E-state index contributed by atoms with van der Waals surface area (Å²) in [6, 6.07) is 0. The first-order valence-electron chi connectivity index (χ1n) is 13.4. The number of Topliss-reactive ketones (excluding diaryl/α,β-unsaturated/α-hetero) is 2. The molecule has 0 bridgehead atoms. The van der Waals surface area contributed by atoms with Gasteiger partial charge in [0.25, 0.3) is 0 Å². The van der Waals surface area contributed by atoms with Gasteiger partial charge in [0.2, 0.25) is 0 Å². The Balaban J connectivity index is 4.29. The Kier molecular flexibility index (Phi) is 19.4. The first-order valence-corrected chi connectivity index (χ1v) is 13.4. The van der Waals surface area contributed by atoms with Crippen molar-refractivity contribution in [2.75, 3.05) is 6.61 Å². The van der Waals surface area contributed by atoms with Crippen molar-refractivity contribution in [1.82, 2.24) is 0 Å². The minimum Gasteiger partial charge on any atom is -0.462 e. The van der Waals surface area contributed by atoms with Gasteiger partial charge in [-0.1, -0.05) is 97.8 Å². The van der Waals surface area contributed by atoms with Gasteiger partial charge in [0, 0.05) is 19.3 Å². The van der Waals surface area contributed by atoms with Crippen LogP contribution in [0.5, 0.6) is 0 Å². The molecule has 0 aromatic rings. The number of carbonyl (C=O) groups excluding carboxylic acids is 3. The topological polar surface area (TPSA) is 101 Å². The van der Waals surface area contributed by atoms with Gasteiger partial charge in [-0.25, -0.2) is 0 Å². The smallest absolute Gasteiger partial charge is 0.305 e. The number of unbranched alkanes of at least 4 members (excludes halogenated alkanes) is 12. The number of aliphatic hydroxyl groups is 2. The minimum absolute atomic E-state index is 0.0516. The van der Waals surface area contributed by atoms with Crippen molar-refractivity contribution >= 4 is 17.5 Å². The van der Waals surface area contributed by atoms with E-state index in [9.17, 15) is 24.6 Å². The van der Waals surface area contributed by atoms with E-state index >= 15 is 0 Å². The summed E-state index contributed by atoms with van der Waals surface area (Å²) in [5.41, 5.74) is -2.37. The summed E-state index contributed by atoms with van der Waals surface area (Å²) in [5.74, 6) is -1.79. The maximum Gasteiger partial charge on any atom is 0.305 e. The van der Waals surface area contributed by atoms with Gasteiger partial charge in [-0.3, -0.25) is 14.4 Å². The molecular weight excluding hydrogens is 420 g/mol. The molecule has 0 rings (SSSR count). The predicted octanol–water partition coefficient (Wildman–Crippen LogP) is 5.84. The molecule has 6 heteroatoms. The summed E-state index contributed by atoms with van der Waals surface area (Å²) in [6.45, 7) is 5.15. The fourth-order valence-corrected chi connectivity index (χ4v) is 3.95. The molecule has 33 heavy (non-hydrogen) atoms. The molecule has 0 amide bonds. The van der Waals surface area contributed by atoms with Crippen molar-refractivity contribution in [1.29, 1.82) is 0 Å². The number of ketones is 2. The second kappa shape index (κ2) is 20.1. The minimum atomic E-state index is -2.37. The van der Waals surface area contributed by atoms with Crippen LogP contribution in [0.3, 0.4) is 0 Å². The summed E-state index contributed by atoms with van der Waals surface area (Å²) in [7, 11) is 0. The fourth-order valence-electron chi connectivity index (χ4n) is 3.95. The number of hydrogen-bond acceptors (Lipinski definition) is 6. The van der Waals surface area contributed by atoms with E-state index in [0.717, 1.165) is 19.3 Å². The average molecular weight is 471 g/mol. The van der Waals surface area contributed by atoms with Crippen LogP contribution in [-0.2, 0) is 19.1 Å². The van der Waals surface area contributed by atoms with E-state index in [0.29, 0.717) is 19.3 Å². The van der Waals surface area contributed by atoms with Gasteiger partial charge in [0.1, 0.15) is 6.61 Å². The molecular formula is C27H50O6. The third-order valence-electron chi connectivity index (χ3n) is 6.15. The molecule has 0 saturated heterocycles. The molecule has 0 spiro atoms. The Morgan fingerprint density at radius 2 is 1.12 bits per heavy atom.